The first-order valence-electron chi connectivity index (χ1n) is 27.3. The number of hydrogen-bond acceptors (Lipinski definition) is 14. The Labute approximate surface area is 478 Å². The zero-order valence-electron chi connectivity index (χ0n) is 46.9. The van der Waals surface area contributed by atoms with E-state index in [9.17, 15) is 42.3 Å². The van der Waals surface area contributed by atoms with Crippen LogP contribution in [0.25, 0.3) is 10.4 Å². The van der Waals surface area contributed by atoms with Crippen LogP contribution in [0.5, 0.6) is 0 Å². The molecule has 0 saturated carbocycles. The van der Waals surface area contributed by atoms with Crippen molar-refractivity contribution in [3.05, 3.63) is 130 Å². The third-order valence-corrected chi connectivity index (χ3v) is 16.1. The Balaban J connectivity index is 0.711. The quantitative estimate of drug-likeness (QED) is 0.0540. The van der Waals surface area contributed by atoms with E-state index < -0.39 is 47.2 Å². The van der Waals surface area contributed by atoms with Crippen molar-refractivity contribution in [1.82, 2.24) is 40.4 Å². The number of benzene rings is 3. The molecule has 2 saturated heterocycles. The van der Waals surface area contributed by atoms with Gasteiger partial charge in [-0.1, -0.05) is 57.2 Å². The van der Waals surface area contributed by atoms with Gasteiger partial charge in [-0.3, -0.25) is 33.9 Å². The van der Waals surface area contributed by atoms with Gasteiger partial charge < -0.3 is 36.2 Å². The van der Waals surface area contributed by atoms with Gasteiger partial charge >= 0.3 is 12.2 Å². The van der Waals surface area contributed by atoms with Gasteiger partial charge in [-0.25, -0.2) is 19.7 Å². The third kappa shape index (κ3) is 13.7. The molecule has 3 aliphatic rings. The average Bonchev–Trinajstić information content (AvgIpc) is 4.20. The first-order chi connectivity index (χ1) is 39.0. The summed E-state index contributed by atoms with van der Waals surface area (Å²) >= 11 is 1.57. The number of amides is 6. The maximum Gasteiger partial charge on any atom is 0.416 e. The van der Waals surface area contributed by atoms with E-state index in [0.29, 0.717) is 34.9 Å². The summed E-state index contributed by atoms with van der Waals surface area (Å²) in [4.78, 5) is 96.4. The van der Waals surface area contributed by atoms with Gasteiger partial charge in [-0.2, -0.15) is 18.2 Å². The molecule has 6 aromatic rings. The van der Waals surface area contributed by atoms with Gasteiger partial charge in [0.15, 0.2) is 0 Å². The zero-order valence-corrected chi connectivity index (χ0v) is 47.7. The van der Waals surface area contributed by atoms with Crippen LogP contribution in [0.1, 0.15) is 97.7 Å². The van der Waals surface area contributed by atoms with Crippen molar-refractivity contribution in [3.63, 3.8) is 0 Å². The van der Waals surface area contributed by atoms with Crippen molar-refractivity contribution in [2.45, 2.75) is 104 Å². The van der Waals surface area contributed by atoms with E-state index in [-0.39, 0.29) is 61.3 Å². The standard InChI is InChI=1S/C59H68F3N13O6S/c1-35-14-19-43(67-53(78)40-11-10-12-42(27-40)59(60,61)62)28-46(35)75-32-41-30-64-56(70-52(41)71(7)57(75)81)68-44-20-21-48(63-31-44)73-25-23-72(24-26-73)22-9-8-13-49(77)69-51(58(4,5)6)55(80)74-33-45(76)29-47(74)54(79)66-36(2)38-15-17-39(18-16-38)50-37(3)65-34-82-50/h10-12,14-21,27-28,30-31,34,36,45,47,51,76H,8-9,13,22-26,29,32-33H2,1-7H3,(H,66,79)(H,67,78)(H,69,77)(H,64,68,70)/t36-,45?,47?,51+/m0/s1. The smallest absolute Gasteiger partial charge is 0.391 e. The number of aliphatic hydroxyl groups excluding tert-OH is 1. The monoisotopic (exact) mass is 1140 g/mol. The number of carbonyl (C=O) groups excluding carboxylic acids is 5. The molecule has 5 N–H and O–H groups in total. The van der Waals surface area contributed by atoms with Crippen LogP contribution in [0, 0.1) is 19.3 Å². The molecule has 2 unspecified atom stereocenters. The molecule has 6 heterocycles. The van der Waals surface area contributed by atoms with E-state index in [4.69, 9.17) is 4.98 Å². The summed E-state index contributed by atoms with van der Waals surface area (Å²) in [5.41, 5.74) is 5.77. The van der Waals surface area contributed by atoms with Crippen molar-refractivity contribution in [3.8, 4) is 10.4 Å². The number of urea groups is 1. The number of carbonyl (C=O) groups is 5. The Morgan fingerprint density at radius 1 is 0.866 bits per heavy atom. The maximum absolute atomic E-state index is 14.2. The number of nitrogens with one attached hydrogen (secondary N) is 4. The third-order valence-electron chi connectivity index (χ3n) is 15.1. The van der Waals surface area contributed by atoms with Gasteiger partial charge in [-0.15, -0.1) is 11.3 Å². The van der Waals surface area contributed by atoms with Crippen LogP contribution in [-0.2, 0) is 27.1 Å². The predicted molar refractivity (Wildman–Crippen MR) is 309 cm³/mol. The molecule has 82 heavy (non-hydrogen) atoms. The fraction of sp³-hybridized carbons (Fsp3) is 0.407. The molecule has 3 aromatic heterocycles. The van der Waals surface area contributed by atoms with E-state index in [2.05, 4.69) is 46.0 Å². The number of nitrogens with zero attached hydrogens (tertiary/aromatic N) is 9. The molecule has 0 spiro atoms. The summed E-state index contributed by atoms with van der Waals surface area (Å²) in [5.74, 6) is -0.255. The SMILES string of the molecule is Cc1ccc(NC(=O)c2cccc(C(F)(F)F)c2)cc1N1Cc2cnc(Nc3ccc(N4CCN(CCCCC(=O)N[C@H](C(=O)N5CC(O)CC5C(=O)N[C@@H](C)c5ccc(-c6scnc6C)cc5)C(C)(C)C)CC4)nc3)nc2N(C)C1=O. The second-order valence-corrected chi connectivity index (χ2v) is 23.1. The molecule has 6 amide bonds. The minimum absolute atomic E-state index is 0.00471. The maximum atomic E-state index is 14.2. The highest BCUT2D eigenvalue weighted by Crippen LogP contribution is 2.36. The number of thiazole rings is 1. The van der Waals surface area contributed by atoms with Crippen LogP contribution >= 0.6 is 11.3 Å². The highest BCUT2D eigenvalue weighted by atomic mass is 32.1. The predicted octanol–water partition coefficient (Wildman–Crippen LogP) is 8.87. The van der Waals surface area contributed by atoms with E-state index in [1.807, 2.05) is 83.5 Å². The number of likely N-dealkylation sites (tertiary alicyclic amines) is 1. The topological polar surface area (TPSA) is 221 Å². The van der Waals surface area contributed by atoms with Crippen LogP contribution < -0.4 is 36.0 Å². The van der Waals surface area contributed by atoms with Crippen molar-refractivity contribution in [2.75, 3.05) is 71.6 Å². The molecule has 2 fully saturated rings. The molecular weight excluding hydrogens is 1080 g/mol. The van der Waals surface area contributed by atoms with Gasteiger partial charge in [0.2, 0.25) is 23.7 Å². The number of aromatic nitrogens is 4. The summed E-state index contributed by atoms with van der Waals surface area (Å²) in [7, 11) is 1.60. The molecule has 4 atom stereocenters. The number of aryl methyl sites for hydroxylation is 2. The highest BCUT2D eigenvalue weighted by molar-refractivity contribution is 7.13. The first kappa shape index (κ1) is 58.6. The van der Waals surface area contributed by atoms with E-state index in [1.54, 1.807) is 49.0 Å². The van der Waals surface area contributed by atoms with Gasteiger partial charge in [0.25, 0.3) is 5.91 Å². The van der Waals surface area contributed by atoms with Crippen LogP contribution in [0.3, 0.4) is 0 Å². The number of alkyl halides is 3. The molecular formula is C59H68F3N13O6S. The largest absolute Gasteiger partial charge is 0.416 e. The molecule has 432 valence electrons. The number of unbranched alkanes of at least 4 members (excludes halogenated alkanes) is 1. The first-order valence-corrected chi connectivity index (χ1v) is 28.2. The Bertz CT molecular complexity index is 3310. The fourth-order valence-electron chi connectivity index (χ4n) is 10.4. The number of pyridine rings is 1. The number of fused-ring (bicyclic) bond motifs is 1. The van der Waals surface area contributed by atoms with E-state index >= 15 is 0 Å². The molecule has 0 bridgehead atoms. The lowest BCUT2D eigenvalue weighted by Crippen LogP contribution is -2.57. The van der Waals surface area contributed by atoms with Crippen molar-refractivity contribution in [2.24, 2.45) is 5.41 Å². The summed E-state index contributed by atoms with van der Waals surface area (Å²) in [6, 6.07) is 18.3. The molecule has 3 aromatic carbocycles. The molecule has 3 aliphatic heterocycles. The van der Waals surface area contributed by atoms with Crippen LogP contribution in [0.15, 0.2) is 96.8 Å². The number of rotatable bonds is 17. The fourth-order valence-corrected chi connectivity index (χ4v) is 11.2. The Morgan fingerprint density at radius 3 is 2.29 bits per heavy atom. The minimum atomic E-state index is -4.60. The van der Waals surface area contributed by atoms with Gasteiger partial charge in [0.05, 0.1) is 57.9 Å². The van der Waals surface area contributed by atoms with E-state index in [0.717, 1.165) is 84.4 Å². The average molecular weight is 1140 g/mol. The second-order valence-electron chi connectivity index (χ2n) is 22.2. The van der Waals surface area contributed by atoms with Crippen LogP contribution in [0.4, 0.5) is 52.6 Å². The van der Waals surface area contributed by atoms with Crippen molar-refractivity contribution >= 4 is 75.6 Å². The summed E-state index contributed by atoms with van der Waals surface area (Å²) in [5, 5.41) is 22.6. The number of anilines is 6. The second kappa shape index (κ2) is 24.6. The number of β-amino-alcohol motifs (C(OH)–C–C–N with tert-alkyl or cyclic N) is 1. The normalized spacial score (nSPS) is 17.5. The van der Waals surface area contributed by atoms with Gasteiger partial charge in [0.1, 0.15) is 23.7 Å². The summed E-state index contributed by atoms with van der Waals surface area (Å²) < 4.78 is 39.9. The summed E-state index contributed by atoms with van der Waals surface area (Å²) in [6.45, 7) is 15.3. The molecule has 0 radical (unpaired) electrons. The molecule has 19 nitrogen and oxygen atoms in total. The van der Waals surface area contributed by atoms with Crippen LogP contribution in [0.2, 0.25) is 0 Å². The zero-order chi connectivity index (χ0) is 58.6. The summed E-state index contributed by atoms with van der Waals surface area (Å²) in [6.07, 6.45) is -0.408. The lowest BCUT2D eigenvalue weighted by Gasteiger charge is -2.36. The van der Waals surface area contributed by atoms with Crippen molar-refractivity contribution in [1.29, 1.82) is 0 Å². The van der Waals surface area contributed by atoms with Crippen molar-refractivity contribution < 1.29 is 42.3 Å². The number of aliphatic hydroxyl groups is 1. The molecule has 9 rings (SSSR count). The molecule has 23 heteroatoms. The Hall–Kier alpha value is -8.02. The minimum Gasteiger partial charge on any atom is -0.391 e. The van der Waals surface area contributed by atoms with E-state index in [1.165, 1.54) is 26.8 Å². The van der Waals surface area contributed by atoms with Crippen LogP contribution in [-0.4, -0.2) is 129 Å². The Kier molecular flexibility index (Phi) is 17.6. The molecule has 0 aliphatic carbocycles. The Morgan fingerprint density at radius 2 is 1.61 bits per heavy atom. The number of halogens is 3. The number of piperazine rings is 1. The highest BCUT2D eigenvalue weighted by Gasteiger charge is 2.45. The van der Waals surface area contributed by atoms with Gasteiger partial charge in [-0.05, 0) is 105 Å². The lowest BCUT2D eigenvalue weighted by molar-refractivity contribution is -0.144. The van der Waals surface area contributed by atoms with Gasteiger partial charge in [0, 0.05) is 75.6 Å². The lowest BCUT2D eigenvalue weighted by atomic mass is 9.85. The number of hydrogen-bond donors (Lipinski definition) is 5.